The van der Waals surface area contributed by atoms with Gasteiger partial charge in [0.05, 0.1) is 18.1 Å². The molecule has 100 valence electrons. The van der Waals surface area contributed by atoms with Crippen LogP contribution in [0.1, 0.15) is 16.9 Å². The van der Waals surface area contributed by atoms with Gasteiger partial charge in [-0.15, -0.1) is 0 Å². The zero-order chi connectivity index (χ0) is 13.6. The number of hydrogen-bond acceptors (Lipinski definition) is 5. The van der Waals surface area contributed by atoms with E-state index in [1.807, 2.05) is 0 Å². The van der Waals surface area contributed by atoms with Crippen molar-refractivity contribution < 1.29 is 13.2 Å². The molecule has 0 aliphatic carbocycles. The Morgan fingerprint density at radius 2 is 2.11 bits per heavy atom. The van der Waals surface area contributed by atoms with Gasteiger partial charge < -0.3 is 11.1 Å². The number of nitrogens with zero attached hydrogens (tertiary/aromatic N) is 1. The molecule has 1 rings (SSSR count). The van der Waals surface area contributed by atoms with Crippen LogP contribution >= 0.6 is 0 Å². The van der Waals surface area contributed by atoms with E-state index in [2.05, 4.69) is 15.0 Å². The van der Waals surface area contributed by atoms with Crippen molar-refractivity contribution in [2.45, 2.75) is 6.42 Å². The molecule has 0 radical (unpaired) electrons. The molecule has 18 heavy (non-hydrogen) atoms. The van der Waals surface area contributed by atoms with Crippen LogP contribution in [0.5, 0.6) is 0 Å². The van der Waals surface area contributed by atoms with Crippen molar-refractivity contribution in [2.75, 3.05) is 25.1 Å². The lowest BCUT2D eigenvalue weighted by Crippen LogP contribution is -2.29. The van der Waals surface area contributed by atoms with Crippen molar-refractivity contribution in [3.8, 4) is 0 Å². The molecule has 0 aliphatic heterocycles. The smallest absolute Gasteiger partial charge is 0.269 e. The molecule has 1 amide bonds. The fraction of sp³-hybridized carbons (Fsp3) is 0.400. The van der Waals surface area contributed by atoms with Gasteiger partial charge >= 0.3 is 0 Å². The van der Waals surface area contributed by atoms with E-state index >= 15 is 0 Å². The summed E-state index contributed by atoms with van der Waals surface area (Å²) in [5, 5.41) is 2.63. The predicted molar refractivity (Wildman–Crippen MR) is 68.4 cm³/mol. The second-order valence-corrected chi connectivity index (χ2v) is 5.59. The highest BCUT2D eigenvalue weighted by Gasteiger charge is 2.05. The van der Waals surface area contributed by atoms with E-state index in [9.17, 15) is 13.2 Å². The van der Waals surface area contributed by atoms with E-state index < -0.39 is 10.0 Å². The zero-order valence-electron chi connectivity index (χ0n) is 10.0. The van der Waals surface area contributed by atoms with Gasteiger partial charge in [0.1, 0.15) is 5.69 Å². The summed E-state index contributed by atoms with van der Waals surface area (Å²) in [7, 11) is -3.17. The minimum atomic E-state index is -3.17. The van der Waals surface area contributed by atoms with Crippen LogP contribution in [0.15, 0.2) is 18.3 Å². The second kappa shape index (κ2) is 6.31. The van der Waals surface area contributed by atoms with Crippen molar-refractivity contribution in [2.24, 2.45) is 0 Å². The van der Waals surface area contributed by atoms with Gasteiger partial charge in [-0.1, -0.05) is 0 Å². The second-order valence-electron chi connectivity index (χ2n) is 3.75. The van der Waals surface area contributed by atoms with Crippen molar-refractivity contribution in [1.82, 2.24) is 15.0 Å². The minimum Gasteiger partial charge on any atom is -0.397 e. The van der Waals surface area contributed by atoms with Gasteiger partial charge in [-0.05, 0) is 18.6 Å². The van der Waals surface area contributed by atoms with Crippen molar-refractivity contribution >= 4 is 21.6 Å². The van der Waals surface area contributed by atoms with Crippen LogP contribution in [0.2, 0.25) is 0 Å². The molecule has 7 nitrogen and oxygen atoms in total. The number of anilines is 1. The molecule has 0 aromatic carbocycles. The number of aromatic nitrogens is 1. The number of nitrogen functional groups attached to an aromatic ring is 1. The number of nitrogens with two attached hydrogens (primary N) is 1. The van der Waals surface area contributed by atoms with Crippen molar-refractivity contribution in [1.29, 1.82) is 0 Å². The normalized spacial score (nSPS) is 11.2. The Kier molecular flexibility index (Phi) is 5.05. The van der Waals surface area contributed by atoms with Crippen LogP contribution in [0.25, 0.3) is 0 Å². The molecule has 0 saturated heterocycles. The molecule has 0 spiro atoms. The number of nitrogens with one attached hydrogen (secondary N) is 2. The van der Waals surface area contributed by atoms with Crippen LogP contribution in [0.3, 0.4) is 0 Å². The van der Waals surface area contributed by atoms with E-state index in [1.165, 1.54) is 12.3 Å². The van der Waals surface area contributed by atoms with Gasteiger partial charge in [-0.3, -0.25) is 4.79 Å². The Morgan fingerprint density at radius 3 is 2.67 bits per heavy atom. The third-order valence-corrected chi connectivity index (χ3v) is 2.75. The highest BCUT2D eigenvalue weighted by Crippen LogP contribution is 2.00. The molecular formula is C10H16N4O3S. The average Bonchev–Trinajstić information content (AvgIpc) is 2.27. The molecule has 0 fully saturated rings. The molecule has 4 N–H and O–H groups in total. The molecule has 0 saturated carbocycles. The first-order valence-electron chi connectivity index (χ1n) is 5.33. The lowest BCUT2D eigenvalue weighted by Gasteiger charge is -2.05. The first-order valence-corrected chi connectivity index (χ1v) is 7.22. The van der Waals surface area contributed by atoms with Gasteiger partial charge in [-0.25, -0.2) is 18.1 Å². The number of carbonyl (C=O) groups excluding carboxylic acids is 1. The lowest BCUT2D eigenvalue weighted by molar-refractivity contribution is 0.0948. The monoisotopic (exact) mass is 272 g/mol. The number of carbonyl (C=O) groups is 1. The summed E-state index contributed by atoms with van der Waals surface area (Å²) >= 11 is 0. The maximum atomic E-state index is 11.6. The number of amides is 1. The van der Waals surface area contributed by atoms with Gasteiger partial charge in [0.25, 0.3) is 5.91 Å². The highest BCUT2D eigenvalue weighted by atomic mass is 32.2. The molecular weight excluding hydrogens is 256 g/mol. The van der Waals surface area contributed by atoms with Gasteiger partial charge in [0, 0.05) is 13.1 Å². The number of hydrogen-bond donors (Lipinski definition) is 3. The minimum absolute atomic E-state index is 0.278. The quantitative estimate of drug-likeness (QED) is 0.594. The van der Waals surface area contributed by atoms with Gasteiger partial charge in [-0.2, -0.15) is 0 Å². The van der Waals surface area contributed by atoms with Crippen LogP contribution in [0.4, 0.5) is 5.69 Å². The van der Waals surface area contributed by atoms with E-state index in [0.717, 1.165) is 6.26 Å². The predicted octanol–water partition coefficient (Wildman–Crippen LogP) is -0.667. The molecule has 0 bridgehead atoms. The van der Waals surface area contributed by atoms with Crippen LogP contribution in [0, 0.1) is 0 Å². The molecule has 1 aromatic heterocycles. The molecule has 1 heterocycles. The molecule has 0 atom stereocenters. The van der Waals surface area contributed by atoms with Crippen LogP contribution in [-0.4, -0.2) is 38.7 Å². The summed E-state index contributed by atoms with van der Waals surface area (Å²) < 4.78 is 23.9. The fourth-order valence-corrected chi connectivity index (χ4v) is 1.69. The first kappa shape index (κ1) is 14.4. The third-order valence-electron chi connectivity index (χ3n) is 2.02. The Bertz CT molecular complexity index is 498. The SMILES string of the molecule is CS(=O)(=O)NCCCNC(=O)c1ccc(N)cn1. The summed E-state index contributed by atoms with van der Waals surface area (Å²) in [5.41, 5.74) is 6.22. The Morgan fingerprint density at radius 1 is 1.39 bits per heavy atom. The summed E-state index contributed by atoms with van der Waals surface area (Å²) in [5.74, 6) is -0.311. The van der Waals surface area contributed by atoms with E-state index in [0.29, 0.717) is 18.7 Å². The first-order chi connectivity index (χ1) is 8.38. The summed E-state index contributed by atoms with van der Waals surface area (Å²) in [4.78, 5) is 15.4. The summed E-state index contributed by atoms with van der Waals surface area (Å²) in [6.45, 7) is 0.654. The molecule has 0 aliphatic rings. The summed E-state index contributed by atoms with van der Waals surface area (Å²) in [6, 6.07) is 3.12. The lowest BCUT2D eigenvalue weighted by atomic mass is 10.3. The molecule has 0 unspecified atom stereocenters. The van der Waals surface area contributed by atoms with E-state index in [4.69, 9.17) is 5.73 Å². The van der Waals surface area contributed by atoms with Crippen molar-refractivity contribution in [3.63, 3.8) is 0 Å². The zero-order valence-corrected chi connectivity index (χ0v) is 10.8. The maximum Gasteiger partial charge on any atom is 0.269 e. The molecule has 8 heteroatoms. The number of sulfonamides is 1. The fourth-order valence-electron chi connectivity index (χ4n) is 1.18. The Hall–Kier alpha value is -1.67. The summed E-state index contributed by atoms with van der Waals surface area (Å²) in [6.07, 6.45) is 3.00. The highest BCUT2D eigenvalue weighted by molar-refractivity contribution is 7.88. The largest absolute Gasteiger partial charge is 0.397 e. The topological polar surface area (TPSA) is 114 Å². The Balaban J connectivity index is 2.28. The van der Waals surface area contributed by atoms with Crippen LogP contribution in [-0.2, 0) is 10.0 Å². The third kappa shape index (κ3) is 5.60. The number of pyridine rings is 1. The van der Waals surface area contributed by atoms with E-state index in [-0.39, 0.29) is 18.1 Å². The van der Waals surface area contributed by atoms with Gasteiger partial charge in [0.15, 0.2) is 0 Å². The maximum absolute atomic E-state index is 11.6. The van der Waals surface area contributed by atoms with Gasteiger partial charge in [0.2, 0.25) is 10.0 Å². The van der Waals surface area contributed by atoms with Crippen LogP contribution < -0.4 is 15.8 Å². The van der Waals surface area contributed by atoms with E-state index in [1.54, 1.807) is 6.07 Å². The standard InChI is InChI=1S/C10H16N4O3S/c1-18(16,17)14-6-2-5-12-10(15)9-4-3-8(11)7-13-9/h3-4,7,14H,2,5-6,11H2,1H3,(H,12,15). The average molecular weight is 272 g/mol. The number of rotatable bonds is 6. The van der Waals surface area contributed by atoms with Crippen molar-refractivity contribution in [3.05, 3.63) is 24.0 Å². The molecule has 1 aromatic rings. The Labute approximate surface area is 106 Å².